The standard InChI is InChI=1S/C26H30N2O5/c1-26(2,24(30)31)11-12-27-23(29)21-13-16(21)14-28-25(32)33-15-22-19-9-5-3-7-17(19)18-8-4-6-10-20(18)22/h3-10,16,21-22H,11-15H2,1-2H3,(H,27,29)(H,28,32)(H,30,31)/t16-,21-/m1/s1. The van der Waals surface area contributed by atoms with Crippen LogP contribution in [0.1, 0.15) is 43.7 Å². The van der Waals surface area contributed by atoms with Crippen molar-refractivity contribution in [3.8, 4) is 11.1 Å². The minimum atomic E-state index is -0.881. The summed E-state index contributed by atoms with van der Waals surface area (Å²) in [7, 11) is 0. The number of carboxylic acid groups (broad SMARTS) is 1. The third-order valence-corrected chi connectivity index (χ3v) is 6.74. The van der Waals surface area contributed by atoms with Gasteiger partial charge in [0.2, 0.25) is 5.91 Å². The van der Waals surface area contributed by atoms with Crippen LogP contribution in [0.25, 0.3) is 11.1 Å². The molecule has 2 aliphatic rings. The number of hydrogen-bond donors (Lipinski definition) is 3. The van der Waals surface area contributed by atoms with Gasteiger partial charge in [-0.25, -0.2) is 4.79 Å². The first-order valence-corrected chi connectivity index (χ1v) is 11.4. The SMILES string of the molecule is CC(C)(CCNC(=O)[C@@H]1C[C@@H]1CNC(=O)OCC1c2ccccc2-c2ccccc21)C(=O)O. The van der Waals surface area contributed by atoms with Crippen molar-refractivity contribution in [3.63, 3.8) is 0 Å². The van der Waals surface area contributed by atoms with Gasteiger partial charge in [-0.1, -0.05) is 48.5 Å². The molecule has 2 amide bonds. The van der Waals surface area contributed by atoms with Gasteiger partial charge in [0.05, 0.1) is 5.41 Å². The Morgan fingerprint density at radius 1 is 1.00 bits per heavy atom. The third-order valence-electron chi connectivity index (χ3n) is 6.74. The van der Waals surface area contributed by atoms with Crippen molar-refractivity contribution in [3.05, 3.63) is 59.7 Å². The van der Waals surface area contributed by atoms with Crippen LogP contribution in [0.5, 0.6) is 0 Å². The Labute approximate surface area is 193 Å². The maximum Gasteiger partial charge on any atom is 0.407 e. The number of carboxylic acids is 1. The van der Waals surface area contributed by atoms with Gasteiger partial charge in [-0.3, -0.25) is 9.59 Å². The summed E-state index contributed by atoms with van der Waals surface area (Å²) in [6.45, 7) is 4.24. The van der Waals surface area contributed by atoms with E-state index in [0.717, 1.165) is 11.1 Å². The Morgan fingerprint density at radius 2 is 1.61 bits per heavy atom. The molecule has 0 radical (unpaired) electrons. The van der Waals surface area contributed by atoms with E-state index in [2.05, 4.69) is 34.9 Å². The third kappa shape index (κ3) is 5.02. The van der Waals surface area contributed by atoms with E-state index in [-0.39, 0.29) is 30.3 Å². The van der Waals surface area contributed by atoms with Crippen LogP contribution in [0.15, 0.2) is 48.5 Å². The second-order valence-electron chi connectivity index (χ2n) is 9.54. The van der Waals surface area contributed by atoms with Crippen molar-refractivity contribution in [2.24, 2.45) is 17.3 Å². The summed E-state index contributed by atoms with van der Waals surface area (Å²) < 4.78 is 5.53. The molecule has 0 bridgehead atoms. The van der Waals surface area contributed by atoms with Crippen LogP contribution in [-0.2, 0) is 14.3 Å². The highest BCUT2D eigenvalue weighted by molar-refractivity contribution is 5.82. The normalized spacial score (nSPS) is 18.7. The number of carbonyl (C=O) groups excluding carboxylic acids is 2. The highest BCUT2D eigenvalue weighted by atomic mass is 16.5. The number of nitrogens with one attached hydrogen (secondary N) is 2. The fraction of sp³-hybridized carbons (Fsp3) is 0.423. The molecular formula is C26H30N2O5. The van der Waals surface area contributed by atoms with E-state index < -0.39 is 17.5 Å². The highest BCUT2D eigenvalue weighted by Gasteiger charge is 2.43. The largest absolute Gasteiger partial charge is 0.481 e. The molecule has 174 valence electrons. The van der Waals surface area contributed by atoms with Crippen molar-refractivity contribution in [1.82, 2.24) is 10.6 Å². The maximum atomic E-state index is 12.3. The lowest BCUT2D eigenvalue weighted by Gasteiger charge is -2.18. The second kappa shape index (κ2) is 9.25. The van der Waals surface area contributed by atoms with Gasteiger partial charge in [0.15, 0.2) is 0 Å². The number of alkyl carbamates (subject to hydrolysis) is 1. The van der Waals surface area contributed by atoms with Crippen LogP contribution in [0.2, 0.25) is 0 Å². The minimum Gasteiger partial charge on any atom is -0.481 e. The first-order valence-electron chi connectivity index (χ1n) is 11.4. The van der Waals surface area contributed by atoms with Crippen molar-refractivity contribution >= 4 is 18.0 Å². The number of benzene rings is 2. The van der Waals surface area contributed by atoms with Crippen LogP contribution in [0, 0.1) is 17.3 Å². The molecule has 0 aromatic heterocycles. The maximum absolute atomic E-state index is 12.3. The zero-order valence-corrected chi connectivity index (χ0v) is 19.0. The van der Waals surface area contributed by atoms with Gasteiger partial charge in [-0.15, -0.1) is 0 Å². The van der Waals surface area contributed by atoms with Crippen molar-refractivity contribution < 1.29 is 24.2 Å². The average Bonchev–Trinajstić information content (AvgIpc) is 3.51. The number of hydrogen-bond acceptors (Lipinski definition) is 4. The topological polar surface area (TPSA) is 105 Å². The van der Waals surface area contributed by atoms with Gasteiger partial charge in [-0.05, 0) is 54.9 Å². The lowest BCUT2D eigenvalue weighted by atomic mass is 9.90. The Bertz CT molecular complexity index is 1020. The summed E-state index contributed by atoms with van der Waals surface area (Å²) in [6.07, 6.45) is 0.590. The van der Waals surface area contributed by atoms with E-state index >= 15 is 0 Å². The number of aliphatic carboxylic acids is 1. The zero-order valence-electron chi connectivity index (χ0n) is 19.0. The summed E-state index contributed by atoms with van der Waals surface area (Å²) in [5.41, 5.74) is 3.82. The number of amides is 2. The summed E-state index contributed by atoms with van der Waals surface area (Å²) >= 11 is 0. The van der Waals surface area contributed by atoms with E-state index in [4.69, 9.17) is 9.84 Å². The van der Waals surface area contributed by atoms with E-state index in [0.29, 0.717) is 25.9 Å². The van der Waals surface area contributed by atoms with E-state index in [1.807, 2.05) is 24.3 Å². The van der Waals surface area contributed by atoms with Gasteiger partial charge >= 0.3 is 12.1 Å². The van der Waals surface area contributed by atoms with Crippen LogP contribution in [0.4, 0.5) is 4.79 Å². The molecule has 33 heavy (non-hydrogen) atoms. The first kappa shape index (κ1) is 22.8. The second-order valence-corrected chi connectivity index (χ2v) is 9.54. The summed E-state index contributed by atoms with van der Waals surface area (Å²) in [5.74, 6) is -1.02. The smallest absolute Gasteiger partial charge is 0.407 e. The average molecular weight is 451 g/mol. The van der Waals surface area contributed by atoms with Crippen LogP contribution < -0.4 is 10.6 Å². The monoisotopic (exact) mass is 450 g/mol. The van der Waals surface area contributed by atoms with E-state index in [9.17, 15) is 14.4 Å². The summed E-state index contributed by atoms with van der Waals surface area (Å²) in [6, 6.07) is 16.4. The Morgan fingerprint density at radius 3 is 2.21 bits per heavy atom. The van der Waals surface area contributed by atoms with Gasteiger partial charge in [0.25, 0.3) is 0 Å². The molecular weight excluding hydrogens is 420 g/mol. The quantitative estimate of drug-likeness (QED) is 0.539. The molecule has 2 aliphatic carbocycles. The lowest BCUT2D eigenvalue weighted by molar-refractivity contribution is -0.147. The molecule has 2 aromatic rings. The predicted octanol–water partition coefficient (Wildman–Crippen LogP) is 3.78. The molecule has 7 nitrogen and oxygen atoms in total. The molecule has 0 spiro atoms. The molecule has 1 fully saturated rings. The molecule has 7 heteroatoms. The summed E-state index contributed by atoms with van der Waals surface area (Å²) in [4.78, 5) is 35.7. The van der Waals surface area contributed by atoms with Gasteiger partial charge in [-0.2, -0.15) is 0 Å². The van der Waals surface area contributed by atoms with Gasteiger partial charge in [0.1, 0.15) is 6.61 Å². The Kier molecular flexibility index (Phi) is 6.40. The van der Waals surface area contributed by atoms with Crippen molar-refractivity contribution in [2.45, 2.75) is 32.6 Å². The molecule has 3 N–H and O–H groups in total. The highest BCUT2D eigenvalue weighted by Crippen LogP contribution is 2.44. The van der Waals surface area contributed by atoms with Gasteiger partial charge < -0.3 is 20.5 Å². The molecule has 2 atom stereocenters. The molecule has 0 aliphatic heterocycles. The fourth-order valence-electron chi connectivity index (χ4n) is 4.39. The molecule has 4 rings (SSSR count). The lowest BCUT2D eigenvalue weighted by Crippen LogP contribution is -2.33. The first-order chi connectivity index (χ1) is 15.8. The zero-order chi connectivity index (χ0) is 23.6. The molecule has 0 heterocycles. The number of fused-ring (bicyclic) bond motifs is 3. The number of carbonyl (C=O) groups is 3. The fourth-order valence-corrected chi connectivity index (χ4v) is 4.39. The van der Waals surface area contributed by atoms with Crippen molar-refractivity contribution in [2.75, 3.05) is 19.7 Å². The predicted molar refractivity (Wildman–Crippen MR) is 124 cm³/mol. The number of rotatable bonds is 9. The van der Waals surface area contributed by atoms with Crippen LogP contribution >= 0.6 is 0 Å². The summed E-state index contributed by atoms with van der Waals surface area (Å²) in [5, 5.41) is 14.7. The van der Waals surface area contributed by atoms with Crippen LogP contribution in [0.3, 0.4) is 0 Å². The molecule has 0 unspecified atom stereocenters. The Balaban J connectivity index is 1.20. The Hall–Kier alpha value is -3.35. The van der Waals surface area contributed by atoms with E-state index in [1.54, 1.807) is 13.8 Å². The molecule has 1 saturated carbocycles. The van der Waals surface area contributed by atoms with E-state index in [1.165, 1.54) is 11.1 Å². The van der Waals surface area contributed by atoms with Crippen molar-refractivity contribution in [1.29, 1.82) is 0 Å². The molecule has 0 saturated heterocycles. The number of ether oxygens (including phenoxy) is 1. The van der Waals surface area contributed by atoms with Gasteiger partial charge in [0, 0.05) is 24.9 Å². The minimum absolute atomic E-state index is 0.0117. The van der Waals surface area contributed by atoms with Crippen LogP contribution in [-0.4, -0.2) is 42.8 Å². The molecule has 2 aromatic carbocycles.